The molecule has 2 rings (SSSR count). The number of thiol groups is 1. The maximum Gasteiger partial charge on any atom is 0.488 e. The van der Waals surface area contributed by atoms with Crippen LogP contribution in [0, 0.1) is 6.92 Å². The van der Waals surface area contributed by atoms with Crippen LogP contribution in [0.1, 0.15) is 11.1 Å². The van der Waals surface area contributed by atoms with Crippen LogP contribution >= 0.6 is 12.6 Å². The zero-order valence-electron chi connectivity index (χ0n) is 10.6. The van der Waals surface area contributed by atoms with Gasteiger partial charge < -0.3 is 15.4 Å². The van der Waals surface area contributed by atoms with Gasteiger partial charge in [0.1, 0.15) is 0 Å². The minimum Gasteiger partial charge on any atom is -0.423 e. The van der Waals surface area contributed by atoms with E-state index in [2.05, 4.69) is 22.8 Å². The lowest BCUT2D eigenvalue weighted by Gasteiger charge is -2.28. The molecule has 0 spiro atoms. The molecular formula is C12H19BN2O2S. The first kappa shape index (κ1) is 13.9. The molecule has 1 aliphatic rings. The molecule has 1 aromatic carbocycles. The van der Waals surface area contributed by atoms with Crippen LogP contribution in [0.4, 0.5) is 0 Å². The second-order valence-corrected chi connectivity index (χ2v) is 5.24. The Labute approximate surface area is 114 Å². The highest BCUT2D eigenvalue weighted by molar-refractivity contribution is 7.80. The van der Waals surface area contributed by atoms with E-state index in [-0.39, 0.29) is 0 Å². The summed E-state index contributed by atoms with van der Waals surface area (Å²) in [5, 5.41) is 22.0. The lowest BCUT2D eigenvalue weighted by Crippen LogP contribution is -2.43. The molecule has 18 heavy (non-hydrogen) atoms. The third kappa shape index (κ3) is 3.27. The van der Waals surface area contributed by atoms with Crippen LogP contribution in [-0.4, -0.2) is 48.2 Å². The molecule has 98 valence electrons. The molecule has 0 aromatic heterocycles. The average molecular weight is 266 g/mol. The van der Waals surface area contributed by atoms with Crippen LogP contribution in [0.5, 0.6) is 0 Å². The fourth-order valence-corrected chi connectivity index (χ4v) is 2.62. The highest BCUT2D eigenvalue weighted by atomic mass is 32.1. The molecule has 0 amide bonds. The topological polar surface area (TPSA) is 55.7 Å². The summed E-state index contributed by atoms with van der Waals surface area (Å²) in [6, 6.07) is 3.72. The van der Waals surface area contributed by atoms with Crippen molar-refractivity contribution in [3.63, 3.8) is 0 Å². The molecule has 3 N–H and O–H groups in total. The Balaban J connectivity index is 2.21. The Morgan fingerprint density at radius 3 is 2.61 bits per heavy atom. The van der Waals surface area contributed by atoms with Crippen molar-refractivity contribution < 1.29 is 10.0 Å². The van der Waals surface area contributed by atoms with Crippen molar-refractivity contribution in [2.45, 2.75) is 18.4 Å². The van der Waals surface area contributed by atoms with Gasteiger partial charge in [-0.2, -0.15) is 0 Å². The molecule has 0 unspecified atom stereocenters. The smallest absolute Gasteiger partial charge is 0.423 e. The fraction of sp³-hybridized carbons (Fsp3) is 0.500. The van der Waals surface area contributed by atoms with Crippen molar-refractivity contribution in [2.24, 2.45) is 0 Å². The van der Waals surface area contributed by atoms with Gasteiger partial charge in [-0.05, 0) is 35.6 Å². The zero-order valence-corrected chi connectivity index (χ0v) is 11.5. The molecule has 0 saturated carbocycles. The number of nitrogens with zero attached hydrogens (tertiary/aromatic N) is 1. The maximum absolute atomic E-state index is 9.36. The summed E-state index contributed by atoms with van der Waals surface area (Å²) in [6.07, 6.45) is 0. The second kappa shape index (κ2) is 6.08. The Kier molecular flexibility index (Phi) is 4.69. The Morgan fingerprint density at radius 2 is 2.00 bits per heavy atom. The first-order valence-electron chi connectivity index (χ1n) is 6.19. The van der Waals surface area contributed by atoms with Gasteiger partial charge >= 0.3 is 7.12 Å². The van der Waals surface area contributed by atoms with Crippen LogP contribution in [0.25, 0.3) is 0 Å². The molecule has 4 nitrogen and oxygen atoms in total. The van der Waals surface area contributed by atoms with Crippen LogP contribution in [-0.2, 0) is 6.54 Å². The number of hydrogen-bond acceptors (Lipinski definition) is 5. The van der Waals surface area contributed by atoms with E-state index in [1.54, 1.807) is 6.07 Å². The highest BCUT2D eigenvalue weighted by Gasteiger charge is 2.18. The van der Waals surface area contributed by atoms with Gasteiger partial charge in [0.25, 0.3) is 0 Å². The van der Waals surface area contributed by atoms with E-state index in [0.29, 0.717) is 5.46 Å². The Bertz CT molecular complexity index is 423. The predicted octanol–water partition coefficient (Wildman–Crippen LogP) is -0.631. The first-order chi connectivity index (χ1) is 8.58. The van der Waals surface area contributed by atoms with Crippen molar-refractivity contribution >= 4 is 25.2 Å². The Morgan fingerprint density at radius 1 is 1.33 bits per heavy atom. The van der Waals surface area contributed by atoms with E-state index in [1.807, 2.05) is 13.0 Å². The molecule has 0 atom stereocenters. The van der Waals surface area contributed by atoms with Gasteiger partial charge in [0, 0.05) is 37.6 Å². The SMILES string of the molecule is Cc1c(CN2CCNCC2)cc(S)cc1B(O)O. The van der Waals surface area contributed by atoms with Gasteiger partial charge in [0.2, 0.25) is 0 Å². The minimum absolute atomic E-state index is 0.549. The number of nitrogens with one attached hydrogen (secondary N) is 1. The fourth-order valence-electron chi connectivity index (χ4n) is 2.32. The van der Waals surface area contributed by atoms with E-state index < -0.39 is 7.12 Å². The summed E-state index contributed by atoms with van der Waals surface area (Å²) in [5.74, 6) is 0. The molecule has 1 aromatic rings. The number of rotatable bonds is 3. The van der Waals surface area contributed by atoms with Crippen molar-refractivity contribution in [3.8, 4) is 0 Å². The van der Waals surface area contributed by atoms with Crippen molar-refractivity contribution in [3.05, 3.63) is 23.3 Å². The summed E-state index contributed by atoms with van der Waals surface area (Å²) in [6.45, 7) is 6.83. The molecule has 0 aliphatic carbocycles. The summed E-state index contributed by atoms with van der Waals surface area (Å²) in [5.41, 5.74) is 2.61. The van der Waals surface area contributed by atoms with Gasteiger partial charge in [-0.25, -0.2) is 0 Å². The maximum atomic E-state index is 9.36. The van der Waals surface area contributed by atoms with Gasteiger partial charge in [-0.15, -0.1) is 12.6 Å². The van der Waals surface area contributed by atoms with Crippen molar-refractivity contribution in [1.82, 2.24) is 10.2 Å². The van der Waals surface area contributed by atoms with Crippen LogP contribution in [0.3, 0.4) is 0 Å². The van der Waals surface area contributed by atoms with Gasteiger partial charge in [-0.1, -0.05) is 0 Å². The lowest BCUT2D eigenvalue weighted by atomic mass is 9.76. The minimum atomic E-state index is -1.43. The highest BCUT2D eigenvalue weighted by Crippen LogP contribution is 2.15. The normalized spacial score (nSPS) is 16.9. The second-order valence-electron chi connectivity index (χ2n) is 4.72. The van der Waals surface area contributed by atoms with Crippen LogP contribution in [0.15, 0.2) is 17.0 Å². The molecular weight excluding hydrogens is 247 g/mol. The number of benzene rings is 1. The van der Waals surface area contributed by atoms with E-state index in [4.69, 9.17) is 0 Å². The molecule has 0 bridgehead atoms. The van der Waals surface area contributed by atoms with Crippen LogP contribution in [0.2, 0.25) is 0 Å². The predicted molar refractivity (Wildman–Crippen MR) is 76.4 cm³/mol. The first-order valence-corrected chi connectivity index (χ1v) is 6.64. The average Bonchev–Trinajstić information content (AvgIpc) is 2.34. The zero-order chi connectivity index (χ0) is 13.1. The molecule has 1 heterocycles. The van der Waals surface area contributed by atoms with Crippen molar-refractivity contribution in [1.29, 1.82) is 0 Å². The van der Waals surface area contributed by atoms with Crippen LogP contribution < -0.4 is 10.8 Å². The summed E-state index contributed by atoms with van der Waals surface area (Å²) < 4.78 is 0. The standard InChI is InChI=1S/C12H19BN2O2S/c1-9-10(8-15-4-2-14-3-5-15)6-11(18)7-12(9)13(16)17/h6-7,14,16-18H,2-5,8H2,1H3. The Hall–Kier alpha value is -0.525. The van der Waals surface area contributed by atoms with E-state index in [9.17, 15) is 10.0 Å². The molecule has 1 aliphatic heterocycles. The van der Waals surface area contributed by atoms with E-state index in [1.165, 1.54) is 0 Å². The van der Waals surface area contributed by atoms with E-state index in [0.717, 1.165) is 48.7 Å². The molecule has 1 fully saturated rings. The van der Waals surface area contributed by atoms with Gasteiger partial charge in [0.15, 0.2) is 0 Å². The molecule has 1 saturated heterocycles. The lowest BCUT2D eigenvalue weighted by molar-refractivity contribution is 0.232. The summed E-state index contributed by atoms with van der Waals surface area (Å²) in [4.78, 5) is 3.13. The molecule has 0 radical (unpaired) electrons. The van der Waals surface area contributed by atoms with Crippen molar-refractivity contribution in [2.75, 3.05) is 26.2 Å². The monoisotopic (exact) mass is 266 g/mol. The third-order valence-corrected chi connectivity index (χ3v) is 3.68. The summed E-state index contributed by atoms with van der Waals surface area (Å²) in [7, 11) is -1.43. The quantitative estimate of drug-likeness (QED) is 0.434. The van der Waals surface area contributed by atoms with Gasteiger partial charge in [-0.3, -0.25) is 4.90 Å². The number of piperazine rings is 1. The van der Waals surface area contributed by atoms with Gasteiger partial charge in [0.05, 0.1) is 0 Å². The third-order valence-electron chi connectivity index (χ3n) is 3.42. The van der Waals surface area contributed by atoms with E-state index >= 15 is 0 Å². The molecule has 6 heteroatoms. The summed E-state index contributed by atoms with van der Waals surface area (Å²) >= 11 is 4.33. The largest absolute Gasteiger partial charge is 0.488 e. The number of hydrogen-bond donors (Lipinski definition) is 4.